The zero-order valence-corrected chi connectivity index (χ0v) is 12.3. The van der Waals surface area contributed by atoms with E-state index in [1.54, 1.807) is 0 Å². The normalized spacial score (nSPS) is 17.6. The molecule has 1 aromatic carbocycles. The van der Waals surface area contributed by atoms with Crippen LogP contribution in [-0.2, 0) is 17.8 Å². The Morgan fingerprint density at radius 1 is 1.48 bits per heavy atom. The van der Waals surface area contributed by atoms with Gasteiger partial charge in [0.05, 0.1) is 19.5 Å². The van der Waals surface area contributed by atoms with Gasteiger partial charge in [-0.05, 0) is 30.5 Å². The first-order valence-electron chi connectivity index (χ1n) is 6.96. The molecular weight excluding hydrogens is 272 g/mol. The van der Waals surface area contributed by atoms with Gasteiger partial charge >= 0.3 is 6.09 Å². The van der Waals surface area contributed by atoms with Crippen molar-refractivity contribution in [1.82, 2.24) is 4.90 Å². The van der Waals surface area contributed by atoms with Crippen molar-refractivity contribution in [2.24, 2.45) is 5.73 Å². The number of hydrogen-bond donors (Lipinski definition) is 2. The fraction of sp³-hybridized carbons (Fsp3) is 0.467. The van der Waals surface area contributed by atoms with Crippen molar-refractivity contribution >= 4 is 12.0 Å². The van der Waals surface area contributed by atoms with Crippen LogP contribution in [0.4, 0.5) is 4.79 Å². The molecular formula is C15H20N2O4. The Kier molecular flexibility index (Phi) is 4.35. The van der Waals surface area contributed by atoms with Gasteiger partial charge in [-0.15, -0.1) is 0 Å². The van der Waals surface area contributed by atoms with Gasteiger partial charge in [-0.25, -0.2) is 4.79 Å². The van der Waals surface area contributed by atoms with Gasteiger partial charge in [0, 0.05) is 5.56 Å². The van der Waals surface area contributed by atoms with Crippen LogP contribution in [0.25, 0.3) is 0 Å². The number of amides is 2. The topological polar surface area (TPSA) is 92.9 Å². The fourth-order valence-electron chi connectivity index (χ4n) is 2.49. The Morgan fingerprint density at radius 2 is 2.19 bits per heavy atom. The van der Waals surface area contributed by atoms with Gasteiger partial charge in [0.25, 0.3) is 0 Å². The number of ether oxygens (including phenoxy) is 1. The largest absolute Gasteiger partial charge is 0.488 e. The molecule has 0 saturated heterocycles. The molecule has 1 heterocycles. The van der Waals surface area contributed by atoms with Crippen LogP contribution in [0.1, 0.15) is 30.0 Å². The van der Waals surface area contributed by atoms with Crippen molar-refractivity contribution in [2.75, 3.05) is 6.54 Å². The lowest BCUT2D eigenvalue weighted by Crippen LogP contribution is -2.35. The van der Waals surface area contributed by atoms with Gasteiger partial charge in [0.2, 0.25) is 5.91 Å². The van der Waals surface area contributed by atoms with Crippen molar-refractivity contribution in [3.63, 3.8) is 0 Å². The van der Waals surface area contributed by atoms with Crippen molar-refractivity contribution in [2.45, 2.75) is 39.3 Å². The third-order valence-electron chi connectivity index (χ3n) is 3.69. The minimum atomic E-state index is -0.955. The average molecular weight is 292 g/mol. The Hall–Kier alpha value is -2.24. The molecule has 0 fully saturated rings. The number of primary amides is 1. The molecule has 1 aromatic rings. The van der Waals surface area contributed by atoms with Crippen LogP contribution in [0.15, 0.2) is 12.1 Å². The zero-order valence-electron chi connectivity index (χ0n) is 12.3. The summed E-state index contributed by atoms with van der Waals surface area (Å²) >= 11 is 0. The molecule has 1 aliphatic heterocycles. The average Bonchev–Trinajstić information content (AvgIpc) is 2.57. The molecule has 2 amide bonds. The predicted octanol–water partition coefficient (Wildman–Crippen LogP) is 1.67. The molecule has 0 radical (unpaired) electrons. The Balaban J connectivity index is 2.40. The van der Waals surface area contributed by atoms with E-state index in [2.05, 4.69) is 0 Å². The maximum Gasteiger partial charge on any atom is 0.407 e. The molecule has 0 bridgehead atoms. The number of hydrogen-bond acceptors (Lipinski definition) is 3. The van der Waals surface area contributed by atoms with E-state index in [1.807, 2.05) is 26.0 Å². The lowest BCUT2D eigenvalue weighted by molar-refractivity contribution is -0.117. The molecule has 3 N–H and O–H groups in total. The van der Waals surface area contributed by atoms with Crippen molar-refractivity contribution in [3.8, 4) is 5.75 Å². The minimum Gasteiger partial charge on any atom is -0.488 e. The monoisotopic (exact) mass is 292 g/mol. The van der Waals surface area contributed by atoms with Crippen molar-refractivity contribution in [1.29, 1.82) is 0 Å². The van der Waals surface area contributed by atoms with Crippen LogP contribution in [0.2, 0.25) is 0 Å². The molecule has 0 aliphatic carbocycles. The number of rotatable bonds is 3. The summed E-state index contributed by atoms with van der Waals surface area (Å²) in [5, 5.41) is 9.25. The van der Waals surface area contributed by atoms with Crippen LogP contribution in [0.3, 0.4) is 0 Å². The Morgan fingerprint density at radius 3 is 2.76 bits per heavy atom. The summed E-state index contributed by atoms with van der Waals surface area (Å²) < 4.78 is 5.91. The molecule has 114 valence electrons. The standard InChI is InChI=1S/C15H20N2O4/c1-3-12-8-17(15(19)20)7-11-4-9(2)10(6-14(16)18)5-13(11)21-12/h4-5,12H,3,6-8H2,1-2H3,(H2,16,18)(H,19,20)/t12-/m1/s1. The summed E-state index contributed by atoms with van der Waals surface area (Å²) in [5.74, 6) is 0.248. The Bertz CT molecular complexity index is 571. The van der Waals surface area contributed by atoms with Gasteiger partial charge < -0.3 is 20.5 Å². The number of nitrogens with two attached hydrogens (primary N) is 1. The van der Waals surface area contributed by atoms with Gasteiger partial charge in [-0.3, -0.25) is 4.79 Å². The van der Waals surface area contributed by atoms with E-state index in [1.165, 1.54) is 4.90 Å². The molecule has 0 saturated carbocycles. The van der Waals surface area contributed by atoms with Gasteiger partial charge in [-0.1, -0.05) is 13.0 Å². The van der Waals surface area contributed by atoms with Gasteiger partial charge in [0.1, 0.15) is 11.9 Å². The first-order chi connectivity index (χ1) is 9.90. The third kappa shape index (κ3) is 3.45. The van der Waals surface area contributed by atoms with E-state index in [4.69, 9.17) is 10.5 Å². The summed E-state index contributed by atoms with van der Waals surface area (Å²) in [6, 6.07) is 3.69. The number of benzene rings is 1. The fourth-order valence-corrected chi connectivity index (χ4v) is 2.49. The summed E-state index contributed by atoms with van der Waals surface area (Å²) in [4.78, 5) is 23.8. The third-order valence-corrected chi connectivity index (χ3v) is 3.69. The first-order valence-corrected chi connectivity index (χ1v) is 6.96. The second kappa shape index (κ2) is 6.03. The summed E-state index contributed by atoms with van der Waals surface area (Å²) in [6.45, 7) is 4.46. The van der Waals surface area contributed by atoms with Crippen LogP contribution in [0, 0.1) is 6.92 Å². The number of nitrogens with zero attached hydrogens (tertiary/aromatic N) is 1. The highest BCUT2D eigenvalue weighted by Crippen LogP contribution is 2.29. The molecule has 1 atom stereocenters. The number of aryl methyl sites for hydroxylation is 1. The van der Waals surface area contributed by atoms with Gasteiger partial charge in [-0.2, -0.15) is 0 Å². The maximum atomic E-state index is 11.3. The van der Waals surface area contributed by atoms with E-state index in [0.29, 0.717) is 25.3 Å². The van der Waals surface area contributed by atoms with Crippen LogP contribution < -0.4 is 10.5 Å². The molecule has 6 nitrogen and oxygen atoms in total. The minimum absolute atomic E-state index is 0.155. The van der Waals surface area contributed by atoms with E-state index in [0.717, 1.165) is 16.7 Å². The van der Waals surface area contributed by atoms with Gasteiger partial charge in [0.15, 0.2) is 0 Å². The number of carbonyl (C=O) groups is 2. The van der Waals surface area contributed by atoms with E-state index >= 15 is 0 Å². The molecule has 21 heavy (non-hydrogen) atoms. The molecule has 1 aliphatic rings. The highest BCUT2D eigenvalue weighted by atomic mass is 16.5. The quantitative estimate of drug-likeness (QED) is 0.886. The number of carbonyl (C=O) groups excluding carboxylic acids is 1. The Labute approximate surface area is 123 Å². The summed E-state index contributed by atoms with van der Waals surface area (Å²) in [6.07, 6.45) is -0.278. The lowest BCUT2D eigenvalue weighted by Gasteiger charge is -2.20. The maximum absolute atomic E-state index is 11.3. The summed E-state index contributed by atoms with van der Waals surface area (Å²) in [7, 11) is 0. The second-order valence-corrected chi connectivity index (χ2v) is 5.34. The second-order valence-electron chi connectivity index (χ2n) is 5.34. The highest BCUT2D eigenvalue weighted by molar-refractivity contribution is 5.77. The molecule has 0 aromatic heterocycles. The summed E-state index contributed by atoms with van der Waals surface area (Å²) in [5.41, 5.74) is 7.80. The number of fused-ring (bicyclic) bond motifs is 1. The van der Waals surface area contributed by atoms with E-state index in [9.17, 15) is 14.7 Å². The van der Waals surface area contributed by atoms with Crippen LogP contribution >= 0.6 is 0 Å². The van der Waals surface area contributed by atoms with E-state index < -0.39 is 12.0 Å². The molecule has 2 rings (SSSR count). The lowest BCUT2D eigenvalue weighted by atomic mass is 10.0. The zero-order chi connectivity index (χ0) is 15.6. The molecule has 0 spiro atoms. The van der Waals surface area contributed by atoms with Crippen molar-refractivity contribution in [3.05, 3.63) is 28.8 Å². The smallest absolute Gasteiger partial charge is 0.407 e. The SMILES string of the molecule is CC[C@@H]1CN(C(=O)O)Cc2cc(C)c(CC(N)=O)cc2O1. The predicted molar refractivity (Wildman–Crippen MR) is 77.2 cm³/mol. The van der Waals surface area contributed by atoms with Crippen molar-refractivity contribution < 1.29 is 19.4 Å². The highest BCUT2D eigenvalue weighted by Gasteiger charge is 2.25. The molecule has 0 unspecified atom stereocenters. The first kappa shape index (κ1) is 15.2. The van der Waals surface area contributed by atoms with Crippen LogP contribution in [-0.4, -0.2) is 34.7 Å². The number of carboxylic acid groups (broad SMARTS) is 1. The van der Waals surface area contributed by atoms with Crippen LogP contribution in [0.5, 0.6) is 5.75 Å². The van der Waals surface area contributed by atoms with E-state index in [-0.39, 0.29) is 12.5 Å². The molecule has 6 heteroatoms.